The van der Waals surface area contributed by atoms with Gasteiger partial charge in [-0.1, -0.05) is 91.0 Å². The maximum atomic E-state index is 6.69. The second-order valence-electron chi connectivity index (χ2n) is 9.88. The molecule has 0 aliphatic carbocycles. The lowest BCUT2D eigenvalue weighted by atomic mass is 10.0. The maximum Gasteiger partial charge on any atom is 0.149 e. The molecule has 8 rings (SSSR count). The summed E-state index contributed by atoms with van der Waals surface area (Å²) in [5.74, 6) is 0.834. The van der Waals surface area contributed by atoms with Crippen LogP contribution in [0.4, 0.5) is 0 Å². The molecule has 0 radical (unpaired) electrons. The third kappa shape index (κ3) is 3.32. The highest BCUT2D eigenvalue weighted by molar-refractivity contribution is 6.17. The molecule has 0 fully saturated rings. The van der Waals surface area contributed by atoms with Crippen molar-refractivity contribution in [2.24, 2.45) is 0 Å². The fourth-order valence-electron chi connectivity index (χ4n) is 5.75. The summed E-state index contributed by atoms with van der Waals surface area (Å²) >= 11 is 0. The van der Waals surface area contributed by atoms with Crippen LogP contribution in [0.3, 0.4) is 0 Å². The molecular weight excluding hydrogens is 478 g/mol. The van der Waals surface area contributed by atoms with E-state index in [2.05, 4.69) is 109 Å². The lowest BCUT2D eigenvalue weighted by Crippen LogP contribution is -2.00. The Bertz CT molecular complexity index is 2170. The number of hydrogen-bond acceptors (Lipinski definition) is 3. The van der Waals surface area contributed by atoms with Gasteiger partial charge >= 0.3 is 0 Å². The molecule has 5 aromatic carbocycles. The highest BCUT2D eigenvalue weighted by Crippen LogP contribution is 2.40. The number of para-hydroxylation sites is 2. The molecule has 0 unspecified atom stereocenters. The highest BCUT2D eigenvalue weighted by atomic mass is 16.3. The number of hydrogen-bond donors (Lipinski definition) is 0. The van der Waals surface area contributed by atoms with Crippen molar-refractivity contribution in [2.45, 2.75) is 6.92 Å². The summed E-state index contributed by atoms with van der Waals surface area (Å²) < 4.78 is 8.91. The molecule has 3 heterocycles. The molecule has 0 amide bonds. The van der Waals surface area contributed by atoms with E-state index >= 15 is 0 Å². The van der Waals surface area contributed by atoms with Crippen LogP contribution < -0.4 is 0 Å². The smallest absolute Gasteiger partial charge is 0.149 e. The van der Waals surface area contributed by atoms with Crippen LogP contribution in [0.5, 0.6) is 0 Å². The van der Waals surface area contributed by atoms with Gasteiger partial charge in [-0.2, -0.15) is 0 Å². The van der Waals surface area contributed by atoms with Crippen molar-refractivity contribution in [1.82, 2.24) is 14.5 Å². The summed E-state index contributed by atoms with van der Waals surface area (Å²) in [6.07, 6.45) is 0. The van der Waals surface area contributed by atoms with Crippen molar-refractivity contribution in [3.63, 3.8) is 0 Å². The van der Waals surface area contributed by atoms with Crippen LogP contribution in [0.1, 0.15) is 5.69 Å². The Labute approximate surface area is 224 Å². The summed E-state index contributed by atoms with van der Waals surface area (Å²) in [6, 6.07) is 41.8. The number of fused-ring (bicyclic) bond motifs is 6. The van der Waals surface area contributed by atoms with E-state index in [0.29, 0.717) is 0 Å². The van der Waals surface area contributed by atoms with Crippen molar-refractivity contribution in [3.05, 3.63) is 127 Å². The van der Waals surface area contributed by atoms with E-state index in [1.165, 1.54) is 0 Å². The van der Waals surface area contributed by atoms with Crippen LogP contribution in [0.15, 0.2) is 126 Å². The lowest BCUT2D eigenvalue weighted by molar-refractivity contribution is 0.673. The Morgan fingerprint density at radius 2 is 1.33 bits per heavy atom. The van der Waals surface area contributed by atoms with E-state index < -0.39 is 0 Å². The second-order valence-corrected chi connectivity index (χ2v) is 9.88. The zero-order valence-corrected chi connectivity index (χ0v) is 21.3. The predicted molar refractivity (Wildman–Crippen MR) is 159 cm³/mol. The molecule has 184 valence electrons. The fraction of sp³-hybridized carbons (Fsp3) is 0.0286. The molecule has 0 saturated carbocycles. The zero-order chi connectivity index (χ0) is 25.9. The fourth-order valence-corrected chi connectivity index (χ4v) is 5.75. The lowest BCUT2D eigenvalue weighted by Gasteiger charge is -2.11. The van der Waals surface area contributed by atoms with Crippen LogP contribution in [-0.4, -0.2) is 14.5 Å². The Kier molecular flexibility index (Phi) is 4.70. The van der Waals surface area contributed by atoms with Crippen LogP contribution in [0.25, 0.3) is 72.1 Å². The minimum atomic E-state index is 0.834. The number of nitrogens with zero attached hydrogens (tertiary/aromatic N) is 3. The maximum absolute atomic E-state index is 6.69. The second kappa shape index (κ2) is 8.40. The SMILES string of the molecule is Cc1nc(-c2ccccc2)cc2nc(-c3cccc4c3oc3c5ccccc5ccc43)n(-c3ccccc3)c12. The Morgan fingerprint density at radius 1 is 0.615 bits per heavy atom. The number of aryl methyl sites for hydroxylation is 1. The topological polar surface area (TPSA) is 43.9 Å². The first-order chi connectivity index (χ1) is 19.3. The molecule has 0 aliphatic rings. The van der Waals surface area contributed by atoms with Gasteiger partial charge in [0.1, 0.15) is 17.0 Å². The first-order valence-electron chi connectivity index (χ1n) is 13.1. The van der Waals surface area contributed by atoms with Crippen LogP contribution in [-0.2, 0) is 0 Å². The monoisotopic (exact) mass is 501 g/mol. The van der Waals surface area contributed by atoms with Gasteiger partial charge in [-0.05, 0) is 42.6 Å². The number of furan rings is 1. The van der Waals surface area contributed by atoms with E-state index in [-0.39, 0.29) is 0 Å². The van der Waals surface area contributed by atoms with Crippen molar-refractivity contribution < 1.29 is 4.42 Å². The summed E-state index contributed by atoms with van der Waals surface area (Å²) in [5, 5.41) is 4.47. The van der Waals surface area contributed by atoms with Gasteiger partial charge in [0.05, 0.1) is 28.0 Å². The molecule has 0 atom stereocenters. The molecule has 0 aliphatic heterocycles. The number of imidazole rings is 1. The Morgan fingerprint density at radius 3 is 2.18 bits per heavy atom. The van der Waals surface area contributed by atoms with E-state index in [1.807, 2.05) is 24.3 Å². The van der Waals surface area contributed by atoms with E-state index in [1.54, 1.807) is 0 Å². The van der Waals surface area contributed by atoms with Gasteiger partial charge in [0.15, 0.2) is 0 Å². The average Bonchev–Trinajstić information content (AvgIpc) is 3.57. The Balaban J connectivity index is 1.46. The van der Waals surface area contributed by atoms with Crippen molar-refractivity contribution in [3.8, 4) is 28.3 Å². The van der Waals surface area contributed by atoms with E-state index in [0.717, 1.165) is 77.8 Å². The van der Waals surface area contributed by atoms with Gasteiger partial charge in [-0.3, -0.25) is 9.55 Å². The van der Waals surface area contributed by atoms with Gasteiger partial charge in [-0.15, -0.1) is 0 Å². The molecule has 3 aromatic heterocycles. The van der Waals surface area contributed by atoms with Gasteiger partial charge < -0.3 is 4.42 Å². The molecule has 4 nitrogen and oxygen atoms in total. The number of aromatic nitrogens is 3. The molecule has 8 aromatic rings. The van der Waals surface area contributed by atoms with Gasteiger partial charge in [-0.25, -0.2) is 4.98 Å². The minimum Gasteiger partial charge on any atom is -0.455 e. The van der Waals surface area contributed by atoms with Gasteiger partial charge in [0.25, 0.3) is 0 Å². The van der Waals surface area contributed by atoms with Gasteiger partial charge in [0.2, 0.25) is 0 Å². The number of pyridine rings is 1. The van der Waals surface area contributed by atoms with Crippen molar-refractivity contribution in [2.75, 3.05) is 0 Å². The van der Waals surface area contributed by atoms with Gasteiger partial charge in [0, 0.05) is 27.4 Å². The number of benzene rings is 5. The molecule has 0 spiro atoms. The molecule has 4 heteroatoms. The van der Waals surface area contributed by atoms with Crippen LogP contribution in [0, 0.1) is 6.92 Å². The summed E-state index contributed by atoms with van der Waals surface area (Å²) in [4.78, 5) is 10.3. The largest absolute Gasteiger partial charge is 0.455 e. The molecule has 0 saturated heterocycles. The van der Waals surface area contributed by atoms with Crippen LogP contribution >= 0.6 is 0 Å². The third-order valence-electron chi connectivity index (χ3n) is 7.52. The van der Waals surface area contributed by atoms with E-state index in [9.17, 15) is 0 Å². The minimum absolute atomic E-state index is 0.834. The Hall–Kier alpha value is -5.22. The summed E-state index contributed by atoms with van der Waals surface area (Å²) in [5.41, 5.74) is 8.54. The first-order valence-corrected chi connectivity index (χ1v) is 13.1. The number of rotatable bonds is 3. The molecule has 0 bridgehead atoms. The zero-order valence-electron chi connectivity index (χ0n) is 21.3. The molecule has 0 N–H and O–H groups in total. The third-order valence-corrected chi connectivity index (χ3v) is 7.52. The summed E-state index contributed by atoms with van der Waals surface area (Å²) in [6.45, 7) is 2.06. The van der Waals surface area contributed by atoms with Crippen LogP contribution in [0.2, 0.25) is 0 Å². The van der Waals surface area contributed by atoms with E-state index in [4.69, 9.17) is 14.4 Å². The molecular formula is C35H23N3O. The summed E-state index contributed by atoms with van der Waals surface area (Å²) in [7, 11) is 0. The average molecular weight is 502 g/mol. The van der Waals surface area contributed by atoms with Crippen molar-refractivity contribution >= 4 is 43.7 Å². The molecule has 39 heavy (non-hydrogen) atoms. The van der Waals surface area contributed by atoms with Crippen molar-refractivity contribution in [1.29, 1.82) is 0 Å². The first kappa shape index (κ1) is 21.8. The predicted octanol–water partition coefficient (Wildman–Crippen LogP) is 9.12. The quantitative estimate of drug-likeness (QED) is 0.242. The standard InChI is InChI=1S/C35H23N3O/c1-22-32-31(21-30(36-22)24-12-4-2-5-13-24)37-35(38(32)25-14-6-3-7-15-25)29-18-10-17-27-28-20-19-23-11-8-9-16-26(23)33(28)39-34(27)29/h2-21H,1H3. The normalized spacial score (nSPS) is 11.7. The highest BCUT2D eigenvalue weighted by Gasteiger charge is 2.22.